The highest BCUT2D eigenvalue weighted by Gasteiger charge is 2.23. The highest BCUT2D eigenvalue weighted by atomic mass is 32.2. The van der Waals surface area contributed by atoms with E-state index in [9.17, 15) is 8.42 Å². The summed E-state index contributed by atoms with van der Waals surface area (Å²) in [4.78, 5) is 6.50. The number of benzene rings is 1. The molecule has 1 aromatic carbocycles. The van der Waals surface area contributed by atoms with E-state index in [0.29, 0.717) is 24.7 Å². The lowest BCUT2D eigenvalue weighted by Crippen LogP contribution is -2.40. The number of piperidine rings is 1. The van der Waals surface area contributed by atoms with Crippen LogP contribution in [0.3, 0.4) is 0 Å². The zero-order valence-corrected chi connectivity index (χ0v) is 14.9. The van der Waals surface area contributed by atoms with Gasteiger partial charge >= 0.3 is 0 Å². The highest BCUT2D eigenvalue weighted by molar-refractivity contribution is 7.89. The zero-order chi connectivity index (χ0) is 17.7. The van der Waals surface area contributed by atoms with E-state index in [1.807, 2.05) is 0 Å². The van der Waals surface area contributed by atoms with Crippen LogP contribution in [0.4, 0.5) is 0 Å². The van der Waals surface area contributed by atoms with E-state index in [1.165, 1.54) is 6.39 Å². The fourth-order valence-electron chi connectivity index (χ4n) is 2.99. The van der Waals surface area contributed by atoms with Gasteiger partial charge in [0.2, 0.25) is 16.4 Å². The van der Waals surface area contributed by atoms with Crippen molar-refractivity contribution in [1.29, 1.82) is 0 Å². The molecule has 0 saturated carbocycles. The molecule has 1 N–H and O–H groups in total. The minimum absolute atomic E-state index is 0.243. The molecule has 2 heterocycles. The molecule has 1 aliphatic rings. The third-order valence-corrected chi connectivity index (χ3v) is 5.75. The van der Waals surface area contributed by atoms with Crippen molar-refractivity contribution in [1.82, 2.24) is 19.8 Å². The molecule has 0 aliphatic carbocycles. The number of sulfonamides is 1. The van der Waals surface area contributed by atoms with Crippen LogP contribution in [0.25, 0.3) is 0 Å². The molecule has 9 heteroatoms. The van der Waals surface area contributed by atoms with Gasteiger partial charge in [0.25, 0.3) is 0 Å². The van der Waals surface area contributed by atoms with E-state index < -0.39 is 10.0 Å². The van der Waals surface area contributed by atoms with Crippen LogP contribution >= 0.6 is 0 Å². The summed E-state index contributed by atoms with van der Waals surface area (Å²) in [6.45, 7) is 2.80. The van der Waals surface area contributed by atoms with Gasteiger partial charge in [-0.25, -0.2) is 13.1 Å². The molecule has 0 amide bonds. The summed E-state index contributed by atoms with van der Waals surface area (Å²) >= 11 is 0. The van der Waals surface area contributed by atoms with E-state index >= 15 is 0 Å². The van der Waals surface area contributed by atoms with Gasteiger partial charge < -0.3 is 9.26 Å². The number of nitrogens with one attached hydrogen (secondary N) is 1. The van der Waals surface area contributed by atoms with Gasteiger partial charge in [-0.1, -0.05) is 5.16 Å². The van der Waals surface area contributed by atoms with Gasteiger partial charge in [-0.3, -0.25) is 4.90 Å². The van der Waals surface area contributed by atoms with Crippen molar-refractivity contribution in [3.63, 3.8) is 0 Å². The highest BCUT2D eigenvalue weighted by Crippen LogP contribution is 2.19. The van der Waals surface area contributed by atoms with E-state index in [2.05, 4.69) is 19.8 Å². The van der Waals surface area contributed by atoms with Crippen molar-refractivity contribution in [3.8, 4) is 5.75 Å². The minimum atomic E-state index is -3.52. The molecule has 1 aromatic heterocycles. The molecular formula is C16H22N4O4S. The largest absolute Gasteiger partial charge is 0.497 e. The molecule has 0 spiro atoms. The topological polar surface area (TPSA) is 97.6 Å². The summed E-state index contributed by atoms with van der Waals surface area (Å²) in [5.41, 5.74) is 0. The molecule has 1 atom stereocenters. The average Bonchev–Trinajstić information content (AvgIpc) is 3.13. The summed E-state index contributed by atoms with van der Waals surface area (Å²) in [5, 5.41) is 3.82. The lowest BCUT2D eigenvalue weighted by atomic mass is 9.98. The van der Waals surface area contributed by atoms with Crippen LogP contribution in [-0.4, -0.2) is 50.2 Å². The quantitative estimate of drug-likeness (QED) is 0.788. The first-order valence-electron chi connectivity index (χ1n) is 8.18. The Bertz CT molecular complexity index is 762. The number of nitrogens with zero attached hydrogens (tertiary/aromatic N) is 3. The van der Waals surface area contributed by atoms with Gasteiger partial charge in [0, 0.05) is 13.1 Å². The fraction of sp³-hybridized carbons (Fsp3) is 0.500. The fourth-order valence-corrected chi connectivity index (χ4v) is 4.11. The third-order valence-electron chi connectivity index (χ3n) is 4.31. The van der Waals surface area contributed by atoms with Crippen LogP contribution in [0.5, 0.6) is 5.75 Å². The van der Waals surface area contributed by atoms with E-state index in [-0.39, 0.29) is 10.8 Å². The van der Waals surface area contributed by atoms with Crippen LogP contribution in [-0.2, 0) is 16.6 Å². The first-order valence-corrected chi connectivity index (χ1v) is 9.66. The van der Waals surface area contributed by atoms with Crippen LogP contribution in [0.2, 0.25) is 0 Å². The van der Waals surface area contributed by atoms with Crippen LogP contribution in [0.1, 0.15) is 18.7 Å². The van der Waals surface area contributed by atoms with Gasteiger partial charge in [0.1, 0.15) is 5.75 Å². The molecule has 1 saturated heterocycles. The number of rotatable bonds is 7. The van der Waals surface area contributed by atoms with Crippen molar-refractivity contribution in [2.75, 3.05) is 26.7 Å². The van der Waals surface area contributed by atoms with Crippen molar-refractivity contribution in [3.05, 3.63) is 36.5 Å². The normalized spacial score (nSPS) is 19.0. The summed E-state index contributed by atoms with van der Waals surface area (Å²) in [7, 11) is -1.97. The number of hydrogen-bond donors (Lipinski definition) is 1. The molecule has 0 unspecified atom stereocenters. The SMILES string of the molecule is COc1ccc(S(=O)(=O)NC[C@H]2CCCN(Cc3ncon3)C2)cc1. The van der Waals surface area contributed by atoms with Crippen LogP contribution in [0, 0.1) is 5.92 Å². The molecule has 1 fully saturated rings. The first kappa shape index (κ1) is 17.8. The molecule has 0 bridgehead atoms. The Labute approximate surface area is 147 Å². The number of methoxy groups -OCH3 is 1. The Morgan fingerprint density at radius 3 is 2.84 bits per heavy atom. The second kappa shape index (κ2) is 7.94. The Hall–Kier alpha value is -1.97. The Morgan fingerprint density at radius 1 is 1.36 bits per heavy atom. The number of likely N-dealkylation sites (tertiary alicyclic amines) is 1. The molecule has 25 heavy (non-hydrogen) atoms. The maximum absolute atomic E-state index is 12.4. The number of aromatic nitrogens is 2. The molecule has 2 aromatic rings. The first-order chi connectivity index (χ1) is 12.1. The minimum Gasteiger partial charge on any atom is -0.497 e. The molecule has 136 valence electrons. The molecule has 0 radical (unpaired) electrons. The molecule has 8 nitrogen and oxygen atoms in total. The van der Waals surface area contributed by atoms with Crippen LogP contribution < -0.4 is 9.46 Å². The Morgan fingerprint density at radius 2 is 2.16 bits per heavy atom. The molecular weight excluding hydrogens is 344 g/mol. The van der Waals surface area contributed by atoms with Gasteiger partial charge in [-0.15, -0.1) is 0 Å². The predicted molar refractivity (Wildman–Crippen MR) is 90.5 cm³/mol. The Kier molecular flexibility index (Phi) is 5.67. The second-order valence-electron chi connectivity index (χ2n) is 6.12. The molecule has 1 aliphatic heterocycles. The summed E-state index contributed by atoms with van der Waals surface area (Å²) in [5.74, 6) is 1.54. The third kappa shape index (κ3) is 4.77. The van der Waals surface area contributed by atoms with Crippen molar-refractivity contribution in [2.45, 2.75) is 24.3 Å². The lowest BCUT2D eigenvalue weighted by Gasteiger charge is -2.31. The van der Waals surface area contributed by atoms with E-state index in [0.717, 1.165) is 25.9 Å². The second-order valence-corrected chi connectivity index (χ2v) is 7.89. The maximum atomic E-state index is 12.4. The average molecular weight is 366 g/mol. The number of hydrogen-bond acceptors (Lipinski definition) is 7. The molecule has 3 rings (SSSR count). The van der Waals surface area contributed by atoms with Crippen molar-refractivity contribution < 1.29 is 17.7 Å². The van der Waals surface area contributed by atoms with Gasteiger partial charge in [0.05, 0.1) is 18.6 Å². The Balaban J connectivity index is 1.54. The summed E-state index contributed by atoms with van der Waals surface area (Å²) in [6, 6.07) is 6.37. The van der Waals surface area contributed by atoms with E-state index in [1.54, 1.807) is 31.4 Å². The van der Waals surface area contributed by atoms with E-state index in [4.69, 9.17) is 9.26 Å². The summed E-state index contributed by atoms with van der Waals surface area (Å²) in [6.07, 6.45) is 3.33. The van der Waals surface area contributed by atoms with Gasteiger partial charge in [0.15, 0.2) is 5.82 Å². The maximum Gasteiger partial charge on any atom is 0.240 e. The predicted octanol–water partition coefficient (Wildman–Crippen LogP) is 1.27. The van der Waals surface area contributed by atoms with Crippen molar-refractivity contribution in [2.24, 2.45) is 5.92 Å². The number of ether oxygens (including phenoxy) is 1. The smallest absolute Gasteiger partial charge is 0.240 e. The lowest BCUT2D eigenvalue weighted by molar-refractivity contribution is 0.164. The monoisotopic (exact) mass is 366 g/mol. The van der Waals surface area contributed by atoms with Crippen molar-refractivity contribution >= 4 is 10.0 Å². The zero-order valence-electron chi connectivity index (χ0n) is 14.1. The summed E-state index contributed by atoms with van der Waals surface area (Å²) < 4.78 is 37.4. The van der Waals surface area contributed by atoms with Gasteiger partial charge in [-0.2, -0.15) is 4.98 Å². The van der Waals surface area contributed by atoms with Crippen LogP contribution in [0.15, 0.2) is 40.1 Å². The standard InChI is InChI=1S/C16H22N4O4S/c1-23-14-4-6-15(7-5-14)25(21,22)18-9-13-3-2-8-20(10-13)11-16-17-12-24-19-16/h4-7,12-13,18H,2-3,8-11H2,1H3/t13-/m1/s1. The van der Waals surface area contributed by atoms with Gasteiger partial charge in [-0.05, 0) is 49.6 Å².